The van der Waals surface area contributed by atoms with Crippen LogP contribution in [0.5, 0.6) is 0 Å². The van der Waals surface area contributed by atoms with Crippen LogP contribution in [0.25, 0.3) is 12.2 Å². The summed E-state index contributed by atoms with van der Waals surface area (Å²) in [6.45, 7) is 2.30. The van der Waals surface area contributed by atoms with E-state index >= 15 is 0 Å². The van der Waals surface area contributed by atoms with Crippen LogP contribution in [0.2, 0.25) is 0 Å². The summed E-state index contributed by atoms with van der Waals surface area (Å²) in [6, 6.07) is 30.7. The Kier molecular flexibility index (Phi) is 7.78. The second kappa shape index (κ2) is 10.7. The van der Waals surface area contributed by atoms with Crippen molar-refractivity contribution in [3.8, 4) is 0 Å². The van der Waals surface area contributed by atoms with E-state index in [1.165, 1.54) is 5.56 Å². The van der Waals surface area contributed by atoms with Crippen LogP contribution >= 0.6 is 12.4 Å². The molecule has 1 aliphatic rings. The van der Waals surface area contributed by atoms with Crippen LogP contribution in [0.1, 0.15) is 16.7 Å². The molecule has 0 aliphatic carbocycles. The minimum atomic E-state index is 0. The summed E-state index contributed by atoms with van der Waals surface area (Å²) in [5, 5.41) is 0. The molecule has 1 heterocycles. The standard InChI is InChI=1S/C27H25NO.ClH/c29-27-25(18-23-12-6-2-7-13-23)20-28(17-16-22-10-4-1-5-11-22)21-26(27)19-24-14-8-3-9-15-24;/h1-15,18-19H,16-17,20-21H2;1H/b25-18-,26-19+;. The molecule has 0 spiro atoms. The Labute approximate surface area is 185 Å². The second-order valence-electron chi connectivity index (χ2n) is 7.44. The zero-order valence-electron chi connectivity index (χ0n) is 16.9. The number of carbonyl (C=O) groups is 1. The molecular weight excluding hydrogens is 390 g/mol. The van der Waals surface area contributed by atoms with Crippen LogP contribution in [0.4, 0.5) is 0 Å². The Morgan fingerprint density at radius 3 is 1.57 bits per heavy atom. The number of halogens is 1. The molecule has 1 fully saturated rings. The van der Waals surface area contributed by atoms with Gasteiger partial charge in [0.2, 0.25) is 0 Å². The van der Waals surface area contributed by atoms with Crippen molar-refractivity contribution in [2.75, 3.05) is 19.6 Å². The first-order valence-corrected chi connectivity index (χ1v) is 10.1. The molecule has 3 aromatic carbocycles. The van der Waals surface area contributed by atoms with E-state index in [9.17, 15) is 4.79 Å². The van der Waals surface area contributed by atoms with Gasteiger partial charge in [0.15, 0.2) is 5.78 Å². The molecule has 0 radical (unpaired) electrons. The van der Waals surface area contributed by atoms with Gasteiger partial charge in [-0.25, -0.2) is 0 Å². The van der Waals surface area contributed by atoms with E-state index in [2.05, 4.69) is 29.2 Å². The van der Waals surface area contributed by atoms with E-state index in [1.54, 1.807) is 0 Å². The van der Waals surface area contributed by atoms with Gasteiger partial charge in [-0.15, -0.1) is 12.4 Å². The summed E-state index contributed by atoms with van der Waals surface area (Å²) in [7, 11) is 0. The van der Waals surface area contributed by atoms with Crippen molar-refractivity contribution in [2.45, 2.75) is 6.42 Å². The molecule has 3 aromatic rings. The maximum atomic E-state index is 13.2. The lowest BCUT2D eigenvalue weighted by Crippen LogP contribution is -2.38. The number of carbonyl (C=O) groups excluding carboxylic acids is 1. The fraction of sp³-hybridized carbons (Fsp3) is 0.148. The first-order chi connectivity index (χ1) is 14.3. The molecule has 0 N–H and O–H groups in total. The van der Waals surface area contributed by atoms with Crippen molar-refractivity contribution in [2.24, 2.45) is 0 Å². The van der Waals surface area contributed by atoms with Crippen molar-refractivity contribution in [1.29, 1.82) is 0 Å². The molecular formula is C27H26ClNO. The van der Waals surface area contributed by atoms with E-state index < -0.39 is 0 Å². The normalized spacial score (nSPS) is 17.1. The van der Waals surface area contributed by atoms with E-state index in [-0.39, 0.29) is 18.2 Å². The Bertz CT molecular complexity index is 949. The average Bonchev–Trinajstić information content (AvgIpc) is 2.77. The molecule has 0 amide bonds. The van der Waals surface area contributed by atoms with Crippen molar-refractivity contribution >= 4 is 30.3 Å². The van der Waals surface area contributed by atoms with Gasteiger partial charge in [0, 0.05) is 30.8 Å². The Morgan fingerprint density at radius 1 is 0.667 bits per heavy atom. The molecule has 2 nitrogen and oxygen atoms in total. The highest BCUT2D eigenvalue weighted by molar-refractivity contribution is 6.14. The van der Waals surface area contributed by atoms with Crippen LogP contribution < -0.4 is 0 Å². The summed E-state index contributed by atoms with van der Waals surface area (Å²) in [5.41, 5.74) is 5.18. The zero-order valence-corrected chi connectivity index (χ0v) is 17.7. The monoisotopic (exact) mass is 415 g/mol. The lowest BCUT2D eigenvalue weighted by molar-refractivity contribution is -0.113. The van der Waals surface area contributed by atoms with Gasteiger partial charge >= 0.3 is 0 Å². The molecule has 1 saturated heterocycles. The van der Waals surface area contributed by atoms with E-state index in [1.807, 2.05) is 78.9 Å². The second-order valence-corrected chi connectivity index (χ2v) is 7.44. The summed E-state index contributed by atoms with van der Waals surface area (Å²) < 4.78 is 0. The lowest BCUT2D eigenvalue weighted by atomic mass is 9.94. The van der Waals surface area contributed by atoms with Crippen LogP contribution in [-0.2, 0) is 11.2 Å². The number of rotatable bonds is 5. The fourth-order valence-corrected chi connectivity index (χ4v) is 3.70. The van der Waals surface area contributed by atoms with E-state index in [4.69, 9.17) is 0 Å². The van der Waals surface area contributed by atoms with Gasteiger partial charge in [-0.3, -0.25) is 9.69 Å². The number of piperidine rings is 1. The number of nitrogens with zero attached hydrogens (tertiary/aromatic N) is 1. The maximum absolute atomic E-state index is 13.2. The molecule has 0 bridgehead atoms. The highest BCUT2D eigenvalue weighted by Crippen LogP contribution is 2.22. The molecule has 30 heavy (non-hydrogen) atoms. The number of likely N-dealkylation sites (tertiary alicyclic amines) is 1. The van der Waals surface area contributed by atoms with Crippen molar-refractivity contribution in [1.82, 2.24) is 4.90 Å². The number of Topliss-reactive ketones (excluding diaryl/α,β-unsaturated/α-hetero) is 1. The van der Waals surface area contributed by atoms with Gasteiger partial charge in [0.1, 0.15) is 0 Å². The first kappa shape index (κ1) is 21.8. The lowest BCUT2D eigenvalue weighted by Gasteiger charge is -2.30. The molecule has 0 saturated carbocycles. The SMILES string of the molecule is Cl.O=C1/C(=C\c2ccccc2)CN(CCc2ccccc2)C/C1=C\c1ccccc1. The molecule has 0 unspecified atom stereocenters. The van der Waals surface area contributed by atoms with Gasteiger partial charge in [-0.2, -0.15) is 0 Å². The van der Waals surface area contributed by atoms with Gasteiger partial charge < -0.3 is 0 Å². The van der Waals surface area contributed by atoms with Gasteiger partial charge in [0.05, 0.1) is 0 Å². The topological polar surface area (TPSA) is 20.3 Å². The highest BCUT2D eigenvalue weighted by Gasteiger charge is 2.25. The number of ketones is 1. The third-order valence-electron chi connectivity index (χ3n) is 5.21. The minimum absolute atomic E-state index is 0. The summed E-state index contributed by atoms with van der Waals surface area (Å²) in [6.07, 6.45) is 5.05. The Morgan fingerprint density at radius 2 is 1.10 bits per heavy atom. The number of hydrogen-bond donors (Lipinski definition) is 0. The predicted molar refractivity (Wildman–Crippen MR) is 128 cm³/mol. The largest absolute Gasteiger partial charge is 0.294 e. The average molecular weight is 416 g/mol. The summed E-state index contributed by atoms with van der Waals surface area (Å²) >= 11 is 0. The fourth-order valence-electron chi connectivity index (χ4n) is 3.70. The maximum Gasteiger partial charge on any atom is 0.187 e. The third kappa shape index (κ3) is 5.79. The van der Waals surface area contributed by atoms with Crippen LogP contribution in [-0.4, -0.2) is 30.3 Å². The predicted octanol–water partition coefficient (Wildman–Crippen LogP) is 5.70. The zero-order chi connectivity index (χ0) is 19.9. The molecule has 152 valence electrons. The summed E-state index contributed by atoms with van der Waals surface area (Å²) in [5.74, 6) is 0.161. The molecule has 0 aromatic heterocycles. The number of benzene rings is 3. The first-order valence-electron chi connectivity index (χ1n) is 10.1. The Hall–Kier alpha value is -2.94. The van der Waals surface area contributed by atoms with Gasteiger partial charge in [-0.05, 0) is 35.3 Å². The summed E-state index contributed by atoms with van der Waals surface area (Å²) in [4.78, 5) is 15.6. The highest BCUT2D eigenvalue weighted by atomic mass is 35.5. The van der Waals surface area contributed by atoms with E-state index in [0.717, 1.165) is 35.2 Å². The van der Waals surface area contributed by atoms with E-state index in [0.29, 0.717) is 13.1 Å². The van der Waals surface area contributed by atoms with Crippen molar-refractivity contribution in [3.63, 3.8) is 0 Å². The van der Waals surface area contributed by atoms with Crippen LogP contribution in [0.15, 0.2) is 102 Å². The quantitative estimate of drug-likeness (QED) is 0.498. The van der Waals surface area contributed by atoms with Crippen LogP contribution in [0, 0.1) is 0 Å². The Balaban J connectivity index is 0.00000256. The van der Waals surface area contributed by atoms with Crippen molar-refractivity contribution < 1.29 is 4.79 Å². The third-order valence-corrected chi connectivity index (χ3v) is 5.21. The van der Waals surface area contributed by atoms with Gasteiger partial charge in [0.25, 0.3) is 0 Å². The van der Waals surface area contributed by atoms with Crippen LogP contribution in [0.3, 0.4) is 0 Å². The smallest absolute Gasteiger partial charge is 0.187 e. The molecule has 0 atom stereocenters. The molecule has 3 heteroatoms. The number of hydrogen-bond acceptors (Lipinski definition) is 2. The molecule has 4 rings (SSSR count). The van der Waals surface area contributed by atoms with Gasteiger partial charge in [-0.1, -0.05) is 91.0 Å². The minimum Gasteiger partial charge on any atom is -0.294 e. The molecule has 1 aliphatic heterocycles. The van der Waals surface area contributed by atoms with Crippen molar-refractivity contribution in [3.05, 3.63) is 119 Å².